The zero-order chi connectivity index (χ0) is 22.9. The first-order valence-corrected chi connectivity index (χ1v) is 10.9. The molecule has 2 aromatic rings. The number of carbonyl (C=O) groups is 3. The van der Waals surface area contributed by atoms with Crippen LogP contribution in [0.25, 0.3) is 11.1 Å². The van der Waals surface area contributed by atoms with Crippen LogP contribution in [0.3, 0.4) is 0 Å². The first-order chi connectivity index (χ1) is 15.3. The number of aliphatic carboxylic acids is 1. The molecule has 2 aliphatic carbocycles. The summed E-state index contributed by atoms with van der Waals surface area (Å²) in [6.45, 7) is 2.72. The molecule has 2 amide bonds. The minimum absolute atomic E-state index is 0.0853. The van der Waals surface area contributed by atoms with Gasteiger partial charge in [0.2, 0.25) is 5.91 Å². The number of carboxylic acid groups (broad SMARTS) is 1. The summed E-state index contributed by atoms with van der Waals surface area (Å²) >= 11 is 0. The van der Waals surface area contributed by atoms with Crippen molar-refractivity contribution in [1.82, 2.24) is 10.2 Å². The average molecular weight is 437 g/mol. The minimum atomic E-state index is -1.17. The number of rotatable bonds is 8. The minimum Gasteiger partial charge on any atom is -0.481 e. The highest BCUT2D eigenvalue weighted by molar-refractivity contribution is 5.89. The smallest absolute Gasteiger partial charge is 0.407 e. The monoisotopic (exact) mass is 436 g/mol. The maximum atomic E-state index is 12.8. The van der Waals surface area contributed by atoms with E-state index < -0.39 is 30.4 Å². The second-order valence-electron chi connectivity index (χ2n) is 9.13. The van der Waals surface area contributed by atoms with Crippen molar-refractivity contribution in [2.24, 2.45) is 5.41 Å². The first kappa shape index (κ1) is 21.9. The van der Waals surface area contributed by atoms with Gasteiger partial charge in [0.15, 0.2) is 0 Å². The van der Waals surface area contributed by atoms with Gasteiger partial charge in [-0.05, 0) is 40.5 Å². The molecule has 2 aromatic carbocycles. The summed E-state index contributed by atoms with van der Waals surface area (Å²) in [6.07, 6.45) is 0.782. The van der Waals surface area contributed by atoms with Crippen LogP contribution in [0.5, 0.6) is 0 Å². The molecule has 1 atom stereocenters. The Morgan fingerprint density at radius 1 is 1.09 bits per heavy atom. The molecule has 1 unspecified atom stereocenters. The summed E-state index contributed by atoms with van der Waals surface area (Å²) in [5.74, 6) is -1.69. The van der Waals surface area contributed by atoms with Crippen molar-refractivity contribution in [2.75, 3.05) is 20.2 Å². The molecule has 7 nitrogen and oxygen atoms in total. The second kappa shape index (κ2) is 8.65. The summed E-state index contributed by atoms with van der Waals surface area (Å²) in [4.78, 5) is 38.1. The van der Waals surface area contributed by atoms with Crippen LogP contribution < -0.4 is 5.32 Å². The lowest BCUT2D eigenvalue weighted by molar-refractivity contribution is -0.142. The van der Waals surface area contributed by atoms with Crippen molar-refractivity contribution in [2.45, 2.75) is 38.1 Å². The van der Waals surface area contributed by atoms with Crippen LogP contribution in [0.2, 0.25) is 0 Å². The first-order valence-electron chi connectivity index (χ1n) is 10.9. The summed E-state index contributed by atoms with van der Waals surface area (Å²) in [5, 5.41) is 11.7. The van der Waals surface area contributed by atoms with Gasteiger partial charge < -0.3 is 20.1 Å². The number of hydrogen-bond acceptors (Lipinski definition) is 4. The quantitative estimate of drug-likeness (QED) is 0.659. The van der Waals surface area contributed by atoms with Gasteiger partial charge in [-0.3, -0.25) is 9.59 Å². The number of nitrogens with zero attached hydrogens (tertiary/aromatic N) is 1. The van der Waals surface area contributed by atoms with Gasteiger partial charge in [-0.2, -0.15) is 0 Å². The van der Waals surface area contributed by atoms with E-state index in [-0.39, 0.29) is 17.9 Å². The average Bonchev–Trinajstić information content (AvgIpc) is 3.40. The topological polar surface area (TPSA) is 95.9 Å². The second-order valence-corrected chi connectivity index (χ2v) is 9.13. The number of fused-ring (bicyclic) bond motifs is 3. The number of amides is 2. The van der Waals surface area contributed by atoms with Gasteiger partial charge in [-0.15, -0.1) is 0 Å². The van der Waals surface area contributed by atoms with E-state index in [2.05, 4.69) is 12.2 Å². The number of carbonyl (C=O) groups excluding carboxylic acids is 2. The number of benzene rings is 2. The summed E-state index contributed by atoms with van der Waals surface area (Å²) in [5.41, 5.74) is 4.48. The number of alkyl carbamates (subject to hydrolysis) is 1. The Bertz CT molecular complexity index is 1000. The Hall–Kier alpha value is -3.35. The van der Waals surface area contributed by atoms with Gasteiger partial charge in [0.1, 0.15) is 12.6 Å². The Morgan fingerprint density at radius 3 is 2.19 bits per heavy atom. The number of carboxylic acids is 1. The Morgan fingerprint density at radius 2 is 1.66 bits per heavy atom. The van der Waals surface area contributed by atoms with Crippen LogP contribution in [0, 0.1) is 5.41 Å². The van der Waals surface area contributed by atoms with Gasteiger partial charge in [0.05, 0.1) is 6.42 Å². The van der Waals surface area contributed by atoms with E-state index in [1.165, 1.54) is 4.90 Å². The fourth-order valence-corrected chi connectivity index (χ4v) is 4.45. The molecule has 0 aromatic heterocycles. The molecule has 2 aliphatic rings. The number of likely N-dealkylation sites (N-methyl/N-ethyl adjacent to an activating group) is 1. The zero-order valence-electron chi connectivity index (χ0n) is 18.3. The lowest BCUT2D eigenvalue weighted by Gasteiger charge is -2.26. The third-order valence-electron chi connectivity index (χ3n) is 6.41. The number of hydrogen-bond donors (Lipinski definition) is 2. The number of nitrogens with one attached hydrogen (secondary N) is 1. The van der Waals surface area contributed by atoms with Crippen LogP contribution in [0.4, 0.5) is 4.79 Å². The fourth-order valence-electron chi connectivity index (χ4n) is 4.45. The molecular formula is C25H28N2O5. The van der Waals surface area contributed by atoms with Gasteiger partial charge in [0, 0.05) is 19.5 Å². The van der Waals surface area contributed by atoms with Crippen molar-refractivity contribution in [3.8, 4) is 11.1 Å². The molecule has 2 N–H and O–H groups in total. The van der Waals surface area contributed by atoms with Crippen LogP contribution >= 0.6 is 0 Å². The lowest BCUT2D eigenvalue weighted by atomic mass is 9.98. The fraction of sp³-hybridized carbons (Fsp3) is 0.400. The molecule has 0 saturated heterocycles. The molecule has 4 rings (SSSR count). The predicted octanol–water partition coefficient (Wildman–Crippen LogP) is 3.63. The third-order valence-corrected chi connectivity index (χ3v) is 6.41. The van der Waals surface area contributed by atoms with E-state index in [1.54, 1.807) is 7.05 Å². The Balaban J connectivity index is 1.41. The molecule has 0 aliphatic heterocycles. The standard InChI is InChI=1S/C25H28N2O5/c1-25(11-12-25)15-27(2)23(30)21(13-22(28)29)26-24(31)32-14-20-18-9-5-3-7-16(18)17-8-4-6-10-19(17)20/h3-10,20-21H,11-15H2,1-2H3,(H,26,31)(H,28,29). The molecule has 168 valence electrons. The highest BCUT2D eigenvalue weighted by Gasteiger charge is 2.40. The van der Waals surface area contributed by atoms with Crippen LogP contribution in [-0.2, 0) is 14.3 Å². The SMILES string of the molecule is CN(CC1(C)CC1)C(=O)C(CC(=O)O)NC(=O)OCC1c2ccccc2-c2ccccc21. The third kappa shape index (κ3) is 4.61. The molecule has 32 heavy (non-hydrogen) atoms. The molecule has 0 bridgehead atoms. The Kier molecular flexibility index (Phi) is 5.91. The number of ether oxygens (including phenoxy) is 1. The van der Waals surface area contributed by atoms with E-state index in [0.717, 1.165) is 35.1 Å². The van der Waals surface area contributed by atoms with E-state index in [1.807, 2.05) is 48.5 Å². The van der Waals surface area contributed by atoms with Gasteiger partial charge in [-0.25, -0.2) is 4.79 Å². The largest absolute Gasteiger partial charge is 0.481 e. The zero-order valence-corrected chi connectivity index (χ0v) is 18.3. The van der Waals surface area contributed by atoms with Crippen molar-refractivity contribution in [3.05, 3.63) is 59.7 Å². The molecule has 1 saturated carbocycles. The molecule has 1 fully saturated rings. The van der Waals surface area contributed by atoms with Crippen LogP contribution in [0.15, 0.2) is 48.5 Å². The van der Waals surface area contributed by atoms with E-state index >= 15 is 0 Å². The van der Waals surface area contributed by atoms with Crippen LogP contribution in [-0.4, -0.2) is 54.2 Å². The summed E-state index contributed by atoms with van der Waals surface area (Å²) in [7, 11) is 1.64. The van der Waals surface area contributed by atoms with E-state index in [0.29, 0.717) is 6.54 Å². The van der Waals surface area contributed by atoms with Gasteiger partial charge in [0.25, 0.3) is 0 Å². The van der Waals surface area contributed by atoms with Crippen LogP contribution in [0.1, 0.15) is 43.2 Å². The van der Waals surface area contributed by atoms with E-state index in [9.17, 15) is 19.5 Å². The predicted molar refractivity (Wildman–Crippen MR) is 119 cm³/mol. The maximum Gasteiger partial charge on any atom is 0.407 e. The maximum absolute atomic E-state index is 12.8. The highest BCUT2D eigenvalue weighted by atomic mass is 16.5. The molecule has 0 spiro atoms. The Labute approximate surface area is 187 Å². The highest BCUT2D eigenvalue weighted by Crippen LogP contribution is 2.45. The van der Waals surface area contributed by atoms with E-state index in [4.69, 9.17) is 4.74 Å². The lowest BCUT2D eigenvalue weighted by Crippen LogP contribution is -2.49. The molecule has 7 heteroatoms. The molecular weight excluding hydrogens is 408 g/mol. The van der Waals surface area contributed by atoms with Gasteiger partial charge in [-0.1, -0.05) is 55.5 Å². The molecule has 0 heterocycles. The molecule has 0 radical (unpaired) electrons. The van der Waals surface area contributed by atoms with Crippen molar-refractivity contribution < 1.29 is 24.2 Å². The van der Waals surface area contributed by atoms with Crippen molar-refractivity contribution in [1.29, 1.82) is 0 Å². The van der Waals surface area contributed by atoms with Gasteiger partial charge >= 0.3 is 12.1 Å². The van der Waals surface area contributed by atoms with Crippen molar-refractivity contribution in [3.63, 3.8) is 0 Å². The summed E-state index contributed by atoms with van der Waals surface area (Å²) < 4.78 is 5.48. The summed E-state index contributed by atoms with van der Waals surface area (Å²) in [6, 6.07) is 14.8. The van der Waals surface area contributed by atoms with Crippen molar-refractivity contribution >= 4 is 18.0 Å². The normalized spacial score (nSPS) is 16.4.